The number of hydrogen-bond donors (Lipinski definition) is 2. The van der Waals surface area contributed by atoms with Crippen molar-refractivity contribution in [2.45, 2.75) is 20.8 Å². The summed E-state index contributed by atoms with van der Waals surface area (Å²) in [5, 5.41) is 6.03. The van der Waals surface area contributed by atoms with Crippen LogP contribution in [0.5, 0.6) is 0 Å². The summed E-state index contributed by atoms with van der Waals surface area (Å²) in [7, 11) is 0. The van der Waals surface area contributed by atoms with Gasteiger partial charge in [-0.2, -0.15) is 0 Å². The van der Waals surface area contributed by atoms with Crippen LogP contribution in [0.1, 0.15) is 38.8 Å². The molecule has 3 rings (SSSR count). The van der Waals surface area contributed by atoms with Gasteiger partial charge in [-0.1, -0.05) is 18.2 Å². The first kappa shape index (κ1) is 18.3. The predicted octanol–water partition coefficient (Wildman–Crippen LogP) is 4.90. The van der Waals surface area contributed by atoms with E-state index in [9.17, 15) is 9.59 Å². The molecule has 0 saturated carbocycles. The van der Waals surface area contributed by atoms with Crippen molar-refractivity contribution in [3.63, 3.8) is 0 Å². The van der Waals surface area contributed by atoms with Gasteiger partial charge in [-0.05, 0) is 68.3 Å². The van der Waals surface area contributed by atoms with Gasteiger partial charge in [0.1, 0.15) is 5.82 Å². The summed E-state index contributed by atoms with van der Waals surface area (Å²) >= 11 is 0. The molecule has 0 fully saturated rings. The maximum absolute atomic E-state index is 12.4. The number of ketones is 1. The lowest BCUT2D eigenvalue weighted by molar-refractivity contribution is 0.101. The number of benzene rings is 2. The van der Waals surface area contributed by atoms with E-state index >= 15 is 0 Å². The van der Waals surface area contributed by atoms with Crippen LogP contribution < -0.4 is 10.6 Å². The van der Waals surface area contributed by atoms with E-state index in [-0.39, 0.29) is 11.7 Å². The van der Waals surface area contributed by atoms with Crippen LogP contribution in [0.4, 0.5) is 17.2 Å². The number of hydrogen-bond acceptors (Lipinski definition) is 4. The molecule has 0 saturated heterocycles. The van der Waals surface area contributed by atoms with Crippen LogP contribution in [0.25, 0.3) is 0 Å². The van der Waals surface area contributed by atoms with Crippen molar-refractivity contribution in [1.82, 2.24) is 4.98 Å². The van der Waals surface area contributed by atoms with Crippen LogP contribution in [0.3, 0.4) is 0 Å². The van der Waals surface area contributed by atoms with Gasteiger partial charge in [0.15, 0.2) is 5.78 Å². The van der Waals surface area contributed by atoms with Crippen molar-refractivity contribution in [3.8, 4) is 0 Å². The van der Waals surface area contributed by atoms with Gasteiger partial charge >= 0.3 is 0 Å². The molecule has 1 amide bonds. The van der Waals surface area contributed by atoms with Gasteiger partial charge in [-0.15, -0.1) is 0 Å². The minimum Gasteiger partial charge on any atom is -0.340 e. The average molecular weight is 359 g/mol. The van der Waals surface area contributed by atoms with Crippen molar-refractivity contribution in [1.29, 1.82) is 0 Å². The first-order valence-corrected chi connectivity index (χ1v) is 8.64. The SMILES string of the molecule is CC(=O)c1cccc(Nc2ccc(C(=O)Nc3cc(C)cc(C)c3)cn2)c1. The van der Waals surface area contributed by atoms with Crippen molar-refractivity contribution >= 4 is 28.9 Å². The van der Waals surface area contributed by atoms with E-state index in [2.05, 4.69) is 21.7 Å². The number of anilines is 3. The zero-order valence-electron chi connectivity index (χ0n) is 15.5. The summed E-state index contributed by atoms with van der Waals surface area (Å²) in [6, 6.07) is 16.6. The third kappa shape index (κ3) is 4.79. The second-order valence-electron chi connectivity index (χ2n) is 6.52. The van der Waals surface area contributed by atoms with Gasteiger partial charge < -0.3 is 10.6 Å². The minimum absolute atomic E-state index is 0.00464. The maximum Gasteiger partial charge on any atom is 0.257 e. The topological polar surface area (TPSA) is 71.1 Å². The van der Waals surface area contributed by atoms with E-state index in [4.69, 9.17) is 0 Å². The van der Waals surface area contributed by atoms with Gasteiger partial charge in [0.05, 0.1) is 5.56 Å². The first-order valence-electron chi connectivity index (χ1n) is 8.64. The normalized spacial score (nSPS) is 10.3. The Morgan fingerprint density at radius 1 is 0.852 bits per heavy atom. The number of carbonyl (C=O) groups is 2. The van der Waals surface area contributed by atoms with E-state index in [1.165, 1.54) is 13.1 Å². The van der Waals surface area contributed by atoms with Crippen LogP contribution in [-0.2, 0) is 0 Å². The molecular formula is C22H21N3O2. The Morgan fingerprint density at radius 2 is 1.59 bits per heavy atom. The molecule has 3 aromatic rings. The Bertz CT molecular complexity index is 974. The van der Waals surface area contributed by atoms with Crippen LogP contribution in [0.2, 0.25) is 0 Å². The van der Waals surface area contributed by atoms with E-state index < -0.39 is 0 Å². The number of aromatic nitrogens is 1. The van der Waals surface area contributed by atoms with Gasteiger partial charge in [0.2, 0.25) is 0 Å². The largest absolute Gasteiger partial charge is 0.340 e. The lowest BCUT2D eigenvalue weighted by Crippen LogP contribution is -2.12. The number of pyridine rings is 1. The van der Waals surface area contributed by atoms with Gasteiger partial charge in [0.25, 0.3) is 5.91 Å². The Labute approximate surface area is 158 Å². The molecule has 1 aromatic heterocycles. The second kappa shape index (κ2) is 7.83. The van der Waals surface area contributed by atoms with Crippen molar-refractivity contribution in [3.05, 3.63) is 83.0 Å². The monoisotopic (exact) mass is 359 g/mol. The van der Waals surface area contributed by atoms with Crippen molar-refractivity contribution in [2.75, 3.05) is 10.6 Å². The van der Waals surface area contributed by atoms with Gasteiger partial charge in [0, 0.05) is 23.1 Å². The molecule has 0 spiro atoms. The van der Waals surface area contributed by atoms with E-state index in [1.807, 2.05) is 38.1 Å². The molecule has 0 atom stereocenters. The highest BCUT2D eigenvalue weighted by atomic mass is 16.1. The van der Waals surface area contributed by atoms with E-state index in [1.54, 1.807) is 24.3 Å². The summed E-state index contributed by atoms with van der Waals surface area (Å²) in [6.45, 7) is 5.51. The number of amides is 1. The summed E-state index contributed by atoms with van der Waals surface area (Å²) in [5.41, 5.74) is 4.82. The number of aryl methyl sites for hydroxylation is 2. The summed E-state index contributed by atoms with van der Waals surface area (Å²) in [6.07, 6.45) is 1.52. The molecule has 0 aliphatic rings. The van der Waals surface area contributed by atoms with Crippen LogP contribution in [0, 0.1) is 13.8 Å². The maximum atomic E-state index is 12.4. The Balaban J connectivity index is 1.70. The van der Waals surface area contributed by atoms with Crippen molar-refractivity contribution < 1.29 is 9.59 Å². The van der Waals surface area contributed by atoms with Gasteiger partial charge in [-0.25, -0.2) is 4.98 Å². The molecule has 0 unspecified atom stereocenters. The molecule has 0 radical (unpaired) electrons. The van der Waals surface area contributed by atoms with Crippen LogP contribution in [0.15, 0.2) is 60.8 Å². The molecule has 0 aliphatic carbocycles. The number of nitrogens with one attached hydrogen (secondary N) is 2. The highest BCUT2D eigenvalue weighted by Gasteiger charge is 2.08. The zero-order chi connectivity index (χ0) is 19.4. The molecule has 1 heterocycles. The van der Waals surface area contributed by atoms with E-state index in [0.717, 1.165) is 22.5 Å². The number of Topliss-reactive ketones (excluding diaryl/α,β-unsaturated/α-hetero) is 1. The molecule has 5 heteroatoms. The molecule has 0 bridgehead atoms. The summed E-state index contributed by atoms with van der Waals surface area (Å²) in [4.78, 5) is 28.2. The Hall–Kier alpha value is -3.47. The third-order valence-electron chi connectivity index (χ3n) is 4.05. The van der Waals surface area contributed by atoms with Crippen LogP contribution in [-0.4, -0.2) is 16.7 Å². The summed E-state index contributed by atoms with van der Waals surface area (Å²) < 4.78 is 0. The molecule has 2 N–H and O–H groups in total. The molecule has 2 aromatic carbocycles. The zero-order valence-corrected chi connectivity index (χ0v) is 15.5. The number of rotatable bonds is 5. The predicted molar refractivity (Wildman–Crippen MR) is 108 cm³/mol. The second-order valence-corrected chi connectivity index (χ2v) is 6.52. The fourth-order valence-corrected chi connectivity index (χ4v) is 2.82. The summed E-state index contributed by atoms with van der Waals surface area (Å²) in [5.74, 6) is 0.390. The lowest BCUT2D eigenvalue weighted by atomic mass is 10.1. The smallest absolute Gasteiger partial charge is 0.257 e. The first-order chi connectivity index (χ1) is 12.9. The van der Waals surface area contributed by atoms with Gasteiger partial charge in [-0.3, -0.25) is 9.59 Å². The number of nitrogens with zero attached hydrogens (tertiary/aromatic N) is 1. The molecule has 27 heavy (non-hydrogen) atoms. The Kier molecular flexibility index (Phi) is 5.31. The van der Waals surface area contributed by atoms with Crippen LogP contribution >= 0.6 is 0 Å². The molecule has 5 nitrogen and oxygen atoms in total. The highest BCUT2D eigenvalue weighted by molar-refractivity contribution is 6.04. The number of carbonyl (C=O) groups excluding carboxylic acids is 2. The minimum atomic E-state index is -0.211. The third-order valence-corrected chi connectivity index (χ3v) is 4.05. The lowest BCUT2D eigenvalue weighted by Gasteiger charge is -2.09. The quantitative estimate of drug-likeness (QED) is 0.636. The molecule has 0 aliphatic heterocycles. The highest BCUT2D eigenvalue weighted by Crippen LogP contribution is 2.18. The fourth-order valence-electron chi connectivity index (χ4n) is 2.82. The average Bonchev–Trinajstić information content (AvgIpc) is 2.61. The standard InChI is InChI=1S/C22H21N3O2/c1-14-9-15(2)11-20(10-14)25-22(27)18-7-8-21(23-13-18)24-19-6-4-5-17(12-19)16(3)26/h4-13H,1-3H3,(H,23,24)(H,25,27). The fraction of sp³-hybridized carbons (Fsp3) is 0.136. The molecular weight excluding hydrogens is 338 g/mol. The Morgan fingerprint density at radius 3 is 2.22 bits per heavy atom. The molecule has 136 valence electrons. The van der Waals surface area contributed by atoms with Crippen molar-refractivity contribution in [2.24, 2.45) is 0 Å². The van der Waals surface area contributed by atoms with E-state index in [0.29, 0.717) is 16.9 Å².